The Kier molecular flexibility index (Phi) is 3.95. The molecule has 0 fully saturated rings. The lowest BCUT2D eigenvalue weighted by Gasteiger charge is -2.39. The third-order valence-electron chi connectivity index (χ3n) is 9.28. The maximum absolute atomic E-state index is 14.9. The van der Waals surface area contributed by atoms with Gasteiger partial charge in [-0.05, 0) is 118 Å². The summed E-state index contributed by atoms with van der Waals surface area (Å²) in [5, 5.41) is 2.73. The number of hydrogen-bond donors (Lipinski definition) is 0. The molecular weight excluding hydrogens is 436 g/mol. The van der Waals surface area contributed by atoms with E-state index in [0.717, 1.165) is 19.3 Å². The van der Waals surface area contributed by atoms with Gasteiger partial charge in [-0.1, -0.05) is 72.3 Å². The van der Waals surface area contributed by atoms with E-state index in [2.05, 4.69) is 87.5 Å². The molecule has 0 radical (unpaired) electrons. The summed E-state index contributed by atoms with van der Waals surface area (Å²) in [7, 11) is 0. The van der Waals surface area contributed by atoms with Crippen LogP contribution in [0.4, 0.5) is 0 Å². The van der Waals surface area contributed by atoms with E-state index in [4.69, 9.17) is 0 Å². The fraction of sp³-hybridized carbons (Fsp3) is 0.229. The van der Waals surface area contributed by atoms with Gasteiger partial charge >= 0.3 is 0 Å². The van der Waals surface area contributed by atoms with Crippen LogP contribution in [-0.4, -0.2) is 5.78 Å². The molecule has 36 heavy (non-hydrogen) atoms. The van der Waals surface area contributed by atoms with Gasteiger partial charge in [0.25, 0.3) is 0 Å². The minimum Gasteiger partial charge on any atom is -0.298 e. The average Bonchev–Trinajstić information content (AvgIpc) is 3.45. The number of fused-ring (bicyclic) bond motifs is 4. The maximum Gasteiger partial charge on any atom is 0.156 e. The molecule has 4 aliphatic rings. The van der Waals surface area contributed by atoms with Crippen molar-refractivity contribution in [2.75, 3.05) is 0 Å². The van der Waals surface area contributed by atoms with E-state index in [0.29, 0.717) is 5.78 Å². The van der Waals surface area contributed by atoms with E-state index in [1.54, 1.807) is 0 Å². The van der Waals surface area contributed by atoms with Gasteiger partial charge in [-0.25, -0.2) is 0 Å². The van der Waals surface area contributed by atoms with Gasteiger partial charge in [0.1, 0.15) is 0 Å². The molecule has 0 amide bonds. The number of carbonyl (C=O) groups excluding carboxylic acids is 1. The van der Waals surface area contributed by atoms with Crippen molar-refractivity contribution in [2.24, 2.45) is 0 Å². The van der Waals surface area contributed by atoms with Gasteiger partial charge in [0.15, 0.2) is 5.78 Å². The summed E-state index contributed by atoms with van der Waals surface area (Å²) in [5.74, 6) is -0.0286. The smallest absolute Gasteiger partial charge is 0.156 e. The van der Waals surface area contributed by atoms with Crippen LogP contribution >= 0.6 is 0 Å². The fourth-order valence-electron chi connectivity index (χ4n) is 8.04. The number of rotatable bonds is 1. The third-order valence-corrected chi connectivity index (χ3v) is 9.28. The van der Waals surface area contributed by atoms with E-state index in [1.165, 1.54) is 83.1 Å². The highest BCUT2D eigenvalue weighted by atomic mass is 16.1. The Morgan fingerprint density at radius 2 is 1.36 bits per heavy atom. The minimum absolute atomic E-state index is 0.178. The van der Waals surface area contributed by atoms with E-state index in [9.17, 15) is 4.79 Å². The van der Waals surface area contributed by atoms with Gasteiger partial charge in [0, 0.05) is 0 Å². The Morgan fingerprint density at radius 1 is 0.667 bits per heavy atom. The summed E-state index contributed by atoms with van der Waals surface area (Å²) in [5.41, 5.74) is 17.1. The summed E-state index contributed by atoms with van der Waals surface area (Å²) in [6.07, 6.45) is 5.18. The Hall–Kier alpha value is -3.71. The Labute approximate surface area is 212 Å². The molecule has 8 rings (SSSR count). The zero-order valence-corrected chi connectivity index (χ0v) is 21.0. The van der Waals surface area contributed by atoms with Crippen molar-refractivity contribution in [3.05, 3.63) is 128 Å². The van der Waals surface area contributed by atoms with Crippen molar-refractivity contribution < 1.29 is 4.79 Å². The Bertz CT molecular complexity index is 1750. The van der Waals surface area contributed by atoms with Crippen molar-refractivity contribution in [1.29, 1.82) is 0 Å². The zero-order chi connectivity index (χ0) is 24.3. The Morgan fingerprint density at radius 3 is 2.19 bits per heavy atom. The molecule has 0 heterocycles. The lowest BCUT2D eigenvalue weighted by Crippen LogP contribution is -2.31. The summed E-state index contributed by atoms with van der Waals surface area (Å²) in [6, 6.07) is 22.2. The highest BCUT2D eigenvalue weighted by Crippen LogP contribution is 2.58. The molecule has 0 aromatic heterocycles. The highest BCUT2D eigenvalue weighted by Gasteiger charge is 2.47. The minimum atomic E-state index is -0.219. The van der Waals surface area contributed by atoms with Crippen LogP contribution in [0.1, 0.15) is 67.5 Å². The quantitative estimate of drug-likeness (QED) is 0.282. The molecule has 0 saturated carbocycles. The number of allylic oxidation sites excluding steroid dienone is 4. The molecule has 0 bridgehead atoms. The molecule has 4 aromatic rings. The molecule has 0 saturated heterocycles. The molecule has 4 aliphatic carbocycles. The number of benzene rings is 4. The molecule has 4 aromatic carbocycles. The van der Waals surface area contributed by atoms with Gasteiger partial charge in [0.05, 0.1) is 11.8 Å². The number of aryl methyl sites for hydroxylation is 3. The van der Waals surface area contributed by atoms with Crippen LogP contribution in [0.15, 0.2) is 72.3 Å². The normalized spacial score (nSPS) is 21.0. The summed E-state index contributed by atoms with van der Waals surface area (Å²) < 4.78 is 0. The van der Waals surface area contributed by atoms with E-state index in [1.807, 2.05) is 0 Å². The van der Waals surface area contributed by atoms with Crippen LogP contribution in [0, 0.1) is 20.8 Å². The number of ketones is 1. The van der Waals surface area contributed by atoms with Crippen LogP contribution in [-0.2, 0) is 24.1 Å². The third kappa shape index (κ3) is 2.44. The van der Waals surface area contributed by atoms with Crippen molar-refractivity contribution in [1.82, 2.24) is 0 Å². The van der Waals surface area contributed by atoms with Gasteiger partial charge in [-0.15, -0.1) is 0 Å². The summed E-state index contributed by atoms with van der Waals surface area (Å²) >= 11 is 0. The Balaban J connectivity index is 1.49. The maximum atomic E-state index is 14.9. The second-order valence-corrected chi connectivity index (χ2v) is 11.3. The number of Topliss-reactive ketones (excluding diaryl/α,β-unsaturated/α-hetero) is 1. The van der Waals surface area contributed by atoms with Gasteiger partial charge in [-0.2, -0.15) is 0 Å². The first kappa shape index (κ1) is 20.5. The van der Waals surface area contributed by atoms with E-state index >= 15 is 0 Å². The zero-order valence-electron chi connectivity index (χ0n) is 21.0. The van der Waals surface area contributed by atoms with E-state index in [-0.39, 0.29) is 11.8 Å². The van der Waals surface area contributed by atoms with Crippen LogP contribution in [0.3, 0.4) is 0 Å². The van der Waals surface area contributed by atoms with Crippen molar-refractivity contribution in [3.63, 3.8) is 0 Å². The highest BCUT2D eigenvalue weighted by molar-refractivity contribution is 6.19. The van der Waals surface area contributed by atoms with Crippen molar-refractivity contribution in [2.45, 2.75) is 51.9 Å². The van der Waals surface area contributed by atoms with E-state index < -0.39 is 0 Å². The molecule has 1 nitrogen and oxygen atoms in total. The summed E-state index contributed by atoms with van der Waals surface area (Å²) in [6.45, 7) is 6.73. The predicted octanol–water partition coefficient (Wildman–Crippen LogP) is 7.72. The molecular formula is C35H28O. The van der Waals surface area contributed by atoms with Gasteiger partial charge in [-0.3, -0.25) is 4.79 Å². The van der Waals surface area contributed by atoms with Crippen molar-refractivity contribution >= 4 is 27.7 Å². The molecule has 0 spiro atoms. The first-order valence-corrected chi connectivity index (χ1v) is 13.2. The first-order chi connectivity index (χ1) is 17.5. The number of hydrogen-bond acceptors (Lipinski definition) is 1. The summed E-state index contributed by atoms with van der Waals surface area (Å²) in [4.78, 5) is 14.9. The topological polar surface area (TPSA) is 17.1 Å². The van der Waals surface area contributed by atoms with Crippen LogP contribution in [0.5, 0.6) is 0 Å². The molecule has 174 valence electrons. The van der Waals surface area contributed by atoms with Crippen LogP contribution in [0.2, 0.25) is 0 Å². The van der Waals surface area contributed by atoms with Crippen molar-refractivity contribution in [3.8, 4) is 0 Å². The lowest BCUT2D eigenvalue weighted by molar-refractivity contribution is -0.119. The average molecular weight is 465 g/mol. The number of carbonyl (C=O) groups is 1. The monoisotopic (exact) mass is 464 g/mol. The molecule has 1 heteroatoms. The molecule has 0 aliphatic heterocycles. The van der Waals surface area contributed by atoms with Gasteiger partial charge in [0.2, 0.25) is 0 Å². The predicted molar refractivity (Wildman–Crippen MR) is 148 cm³/mol. The molecule has 2 unspecified atom stereocenters. The molecule has 2 atom stereocenters. The molecule has 0 N–H and O–H groups in total. The fourth-order valence-corrected chi connectivity index (χ4v) is 8.04. The standard InChI is InChI=1S/C35H28O/c1-18-14-19(2)29-32(27-13-12-21-8-4-6-10-25(21)27)35(36)34-30-24(16-22-9-5-7-11-26(22)30)17-23-15-20(3)28(18)33(29)31(23)34/h4-11,13-15,32,34H,12,16-17H2,1-3H3. The SMILES string of the molecule is Cc1cc(C)c2c(C)cc3c4c2c1C(C1=CCc2ccccc21)C(=O)C4C1=C(Cc2ccccc21)C3. The van der Waals surface area contributed by atoms with Gasteiger partial charge < -0.3 is 0 Å². The second kappa shape index (κ2) is 6.95. The van der Waals surface area contributed by atoms with Crippen LogP contribution in [0.25, 0.3) is 21.9 Å². The largest absolute Gasteiger partial charge is 0.298 e. The first-order valence-electron chi connectivity index (χ1n) is 13.2. The van der Waals surface area contributed by atoms with Crippen LogP contribution < -0.4 is 0 Å². The lowest BCUT2D eigenvalue weighted by atomic mass is 9.62. The second-order valence-electron chi connectivity index (χ2n) is 11.3.